The molecule has 0 atom stereocenters. The van der Waals surface area contributed by atoms with Crippen LogP contribution < -0.4 is 0 Å². The van der Waals surface area contributed by atoms with Crippen molar-refractivity contribution in [3.8, 4) is 0 Å². The van der Waals surface area contributed by atoms with Gasteiger partial charge in [-0.1, -0.05) is 12.1 Å². The van der Waals surface area contributed by atoms with Crippen molar-refractivity contribution < 1.29 is 14.3 Å². The van der Waals surface area contributed by atoms with Crippen LogP contribution in [0.15, 0.2) is 29.6 Å². The Morgan fingerprint density at radius 1 is 1.41 bits per heavy atom. The number of hydrogen-bond donors (Lipinski definition) is 1. The van der Waals surface area contributed by atoms with Crippen LogP contribution in [0, 0.1) is 10.7 Å². The highest BCUT2D eigenvalue weighted by Gasteiger charge is 2.46. The number of nitroso groups, excluding NO2 is 1. The van der Waals surface area contributed by atoms with Gasteiger partial charge in [-0.25, -0.2) is 4.39 Å². The van der Waals surface area contributed by atoms with Crippen LogP contribution in [0.1, 0.15) is 12.0 Å². The number of aliphatic carboxylic acids is 1. The number of halogens is 1. The molecule has 1 aromatic carbocycles. The molecule has 90 valence electrons. The SMILES string of the molecule is O=NN1CC(CC(=O)O)(c2ccc(F)cc2)C1. The minimum Gasteiger partial charge on any atom is -0.481 e. The normalized spacial score (nSPS) is 17.4. The first kappa shape index (κ1) is 11.5. The summed E-state index contributed by atoms with van der Waals surface area (Å²) < 4.78 is 12.8. The van der Waals surface area contributed by atoms with E-state index in [1.807, 2.05) is 0 Å². The predicted octanol–water partition coefficient (Wildman–Crippen LogP) is 1.54. The molecule has 1 aromatic rings. The molecule has 0 unspecified atom stereocenters. The molecular formula is C11H11FN2O3. The second-order valence-corrected chi connectivity index (χ2v) is 4.26. The number of carboxylic acid groups (broad SMARTS) is 1. The molecule has 0 saturated carbocycles. The highest BCUT2D eigenvalue weighted by molar-refractivity contribution is 5.69. The largest absolute Gasteiger partial charge is 0.481 e. The zero-order chi connectivity index (χ0) is 12.5. The maximum absolute atomic E-state index is 12.8. The molecule has 1 heterocycles. The lowest BCUT2D eigenvalue weighted by Gasteiger charge is -2.46. The van der Waals surface area contributed by atoms with Crippen LogP contribution >= 0.6 is 0 Å². The summed E-state index contributed by atoms with van der Waals surface area (Å²) in [5.74, 6) is -1.32. The average Bonchev–Trinajstić information content (AvgIpc) is 2.23. The zero-order valence-electron chi connectivity index (χ0n) is 8.97. The quantitative estimate of drug-likeness (QED) is 0.807. The molecule has 1 saturated heterocycles. The fourth-order valence-electron chi connectivity index (χ4n) is 2.20. The number of hydrogen-bond acceptors (Lipinski definition) is 3. The van der Waals surface area contributed by atoms with Crippen LogP contribution in [0.2, 0.25) is 0 Å². The lowest BCUT2D eigenvalue weighted by Crippen LogP contribution is -2.57. The zero-order valence-corrected chi connectivity index (χ0v) is 8.97. The molecule has 6 heteroatoms. The monoisotopic (exact) mass is 238 g/mol. The minimum atomic E-state index is -0.945. The number of carbonyl (C=O) groups is 1. The second-order valence-electron chi connectivity index (χ2n) is 4.26. The van der Waals surface area contributed by atoms with Gasteiger partial charge in [0.1, 0.15) is 5.82 Å². The molecule has 1 aliphatic heterocycles. The summed E-state index contributed by atoms with van der Waals surface area (Å²) in [6.07, 6.45) is -0.0926. The standard InChI is InChI=1S/C11H11FN2O3/c12-9-3-1-8(2-4-9)11(5-10(15)16)6-14(7-11)13-17/h1-4H,5-7H2,(H,15,16). The summed E-state index contributed by atoms with van der Waals surface area (Å²) >= 11 is 0. The molecule has 17 heavy (non-hydrogen) atoms. The maximum atomic E-state index is 12.8. The van der Waals surface area contributed by atoms with E-state index in [1.165, 1.54) is 17.1 Å². The smallest absolute Gasteiger partial charge is 0.304 e. The highest BCUT2D eigenvalue weighted by atomic mass is 19.1. The fraction of sp³-hybridized carbons (Fsp3) is 0.364. The van der Waals surface area contributed by atoms with Gasteiger partial charge in [-0.15, -0.1) is 4.91 Å². The average molecular weight is 238 g/mol. The van der Waals surface area contributed by atoms with Crippen molar-refractivity contribution in [1.29, 1.82) is 0 Å². The van der Waals surface area contributed by atoms with Gasteiger partial charge in [0.2, 0.25) is 0 Å². The molecular weight excluding hydrogens is 227 g/mol. The van der Waals surface area contributed by atoms with Crippen LogP contribution in [0.5, 0.6) is 0 Å². The third-order valence-corrected chi connectivity index (χ3v) is 3.03. The number of carboxylic acids is 1. The van der Waals surface area contributed by atoms with Crippen molar-refractivity contribution in [2.45, 2.75) is 11.8 Å². The molecule has 1 fully saturated rings. The van der Waals surface area contributed by atoms with E-state index in [0.717, 1.165) is 5.56 Å². The lowest BCUT2D eigenvalue weighted by atomic mass is 9.72. The molecule has 0 amide bonds. The fourth-order valence-corrected chi connectivity index (χ4v) is 2.20. The molecule has 0 aromatic heterocycles. The summed E-state index contributed by atoms with van der Waals surface area (Å²) in [4.78, 5) is 21.2. The molecule has 1 N–H and O–H groups in total. The van der Waals surface area contributed by atoms with Gasteiger partial charge in [-0.3, -0.25) is 9.80 Å². The van der Waals surface area contributed by atoms with Crippen LogP contribution in [0.4, 0.5) is 4.39 Å². The van der Waals surface area contributed by atoms with Gasteiger partial charge in [-0.2, -0.15) is 0 Å². The summed E-state index contributed by atoms with van der Waals surface area (Å²) in [6.45, 7) is 0.517. The molecule has 1 aliphatic rings. The summed E-state index contributed by atoms with van der Waals surface area (Å²) in [5, 5.41) is 12.9. The number of nitrogens with zero attached hydrogens (tertiary/aromatic N) is 2. The second kappa shape index (κ2) is 4.12. The summed E-state index contributed by atoms with van der Waals surface area (Å²) in [7, 11) is 0. The topological polar surface area (TPSA) is 70.0 Å². The van der Waals surface area contributed by atoms with E-state index in [1.54, 1.807) is 12.1 Å². The Balaban J connectivity index is 2.25. The molecule has 0 bridgehead atoms. The molecule has 0 radical (unpaired) electrons. The van der Waals surface area contributed by atoms with Crippen LogP contribution in [-0.4, -0.2) is 29.2 Å². The van der Waals surface area contributed by atoms with Gasteiger partial charge in [0, 0.05) is 5.41 Å². The van der Waals surface area contributed by atoms with Gasteiger partial charge in [0.05, 0.1) is 24.8 Å². The molecule has 0 aliphatic carbocycles. The predicted molar refractivity (Wildman–Crippen MR) is 57.7 cm³/mol. The van der Waals surface area contributed by atoms with Crippen molar-refractivity contribution in [2.24, 2.45) is 5.29 Å². The first-order valence-electron chi connectivity index (χ1n) is 5.12. The molecule has 5 nitrogen and oxygen atoms in total. The first-order chi connectivity index (χ1) is 8.05. The van der Waals surface area contributed by atoms with Gasteiger partial charge >= 0.3 is 5.97 Å². The van der Waals surface area contributed by atoms with Gasteiger partial charge in [0.15, 0.2) is 0 Å². The third kappa shape index (κ3) is 2.11. The Morgan fingerprint density at radius 3 is 2.47 bits per heavy atom. The van der Waals surface area contributed by atoms with E-state index in [9.17, 15) is 14.1 Å². The van der Waals surface area contributed by atoms with Crippen LogP contribution in [-0.2, 0) is 10.2 Å². The van der Waals surface area contributed by atoms with E-state index < -0.39 is 11.4 Å². The number of benzene rings is 1. The van der Waals surface area contributed by atoms with E-state index in [2.05, 4.69) is 5.29 Å². The van der Waals surface area contributed by atoms with E-state index in [4.69, 9.17) is 5.11 Å². The van der Waals surface area contributed by atoms with Crippen LogP contribution in [0.25, 0.3) is 0 Å². The van der Waals surface area contributed by atoms with Gasteiger partial charge < -0.3 is 5.11 Å². The molecule has 0 spiro atoms. The summed E-state index contributed by atoms with van der Waals surface area (Å²) in [6, 6.07) is 5.69. The first-order valence-corrected chi connectivity index (χ1v) is 5.12. The number of rotatable bonds is 4. The highest BCUT2D eigenvalue weighted by Crippen LogP contribution is 2.37. The molecule has 2 rings (SSSR count). The van der Waals surface area contributed by atoms with Crippen molar-refractivity contribution in [2.75, 3.05) is 13.1 Å². The Bertz CT molecular complexity index is 441. The van der Waals surface area contributed by atoms with Crippen molar-refractivity contribution in [3.63, 3.8) is 0 Å². The minimum absolute atomic E-state index is 0.0926. The van der Waals surface area contributed by atoms with Crippen molar-refractivity contribution in [1.82, 2.24) is 5.01 Å². The van der Waals surface area contributed by atoms with Crippen molar-refractivity contribution in [3.05, 3.63) is 40.6 Å². The Morgan fingerprint density at radius 2 is 2.00 bits per heavy atom. The Kier molecular flexibility index (Phi) is 2.79. The van der Waals surface area contributed by atoms with E-state index in [-0.39, 0.29) is 25.3 Å². The van der Waals surface area contributed by atoms with E-state index in [0.29, 0.717) is 0 Å². The maximum Gasteiger partial charge on any atom is 0.304 e. The third-order valence-electron chi connectivity index (χ3n) is 3.03. The lowest BCUT2D eigenvalue weighted by molar-refractivity contribution is -0.140. The van der Waals surface area contributed by atoms with Crippen molar-refractivity contribution >= 4 is 5.97 Å². The van der Waals surface area contributed by atoms with E-state index >= 15 is 0 Å². The summed E-state index contributed by atoms with van der Waals surface area (Å²) in [5.41, 5.74) is 0.0918. The van der Waals surface area contributed by atoms with Crippen LogP contribution in [0.3, 0.4) is 0 Å². The Labute approximate surface area is 96.8 Å². The van der Waals surface area contributed by atoms with Gasteiger partial charge in [0.25, 0.3) is 0 Å². The van der Waals surface area contributed by atoms with Gasteiger partial charge in [-0.05, 0) is 17.7 Å². The Hall–Kier alpha value is -1.98.